The minimum Gasteiger partial charge on any atom is -0.493 e. The lowest BCUT2D eigenvalue weighted by Crippen LogP contribution is -2.39. The van der Waals surface area contributed by atoms with Gasteiger partial charge in [0.15, 0.2) is 17.5 Å². The zero-order valence-electron chi connectivity index (χ0n) is 17.6. The van der Waals surface area contributed by atoms with E-state index in [1.165, 1.54) is 0 Å². The summed E-state index contributed by atoms with van der Waals surface area (Å²) < 4.78 is 10.6. The van der Waals surface area contributed by atoms with Gasteiger partial charge in [-0.2, -0.15) is 0 Å². The smallest absolute Gasteiger partial charge is 0.224 e. The van der Waals surface area contributed by atoms with Crippen LogP contribution in [0.15, 0.2) is 53.5 Å². The number of carbonyl (C=O) groups excluding carboxylic acids is 1. The predicted octanol–water partition coefficient (Wildman–Crippen LogP) is 2.42. The predicted molar refractivity (Wildman–Crippen MR) is 115 cm³/mol. The number of guanidine groups is 1. The average Bonchev–Trinajstić information content (AvgIpc) is 2.76. The zero-order chi connectivity index (χ0) is 21.1. The van der Waals surface area contributed by atoms with Gasteiger partial charge in [0, 0.05) is 40.2 Å². The zero-order valence-corrected chi connectivity index (χ0v) is 17.6. The highest BCUT2D eigenvalue weighted by atomic mass is 16.5. The van der Waals surface area contributed by atoms with Crippen LogP contribution in [0, 0.1) is 0 Å². The van der Waals surface area contributed by atoms with Gasteiger partial charge in [0.2, 0.25) is 5.91 Å². The van der Waals surface area contributed by atoms with Crippen LogP contribution in [0.25, 0.3) is 0 Å². The first-order chi connectivity index (χ1) is 14.1. The van der Waals surface area contributed by atoms with Crippen LogP contribution in [-0.2, 0) is 17.9 Å². The van der Waals surface area contributed by atoms with Crippen LogP contribution in [0.3, 0.4) is 0 Å². The fourth-order valence-corrected chi connectivity index (χ4v) is 2.82. The second-order valence-electron chi connectivity index (χ2n) is 6.53. The summed E-state index contributed by atoms with van der Waals surface area (Å²) in [5, 5.41) is 6.41. The summed E-state index contributed by atoms with van der Waals surface area (Å²) in [7, 11) is 6.74. The Labute approximate surface area is 172 Å². The lowest BCUT2D eigenvalue weighted by Gasteiger charge is -2.18. The number of methoxy groups -OCH3 is 2. The summed E-state index contributed by atoms with van der Waals surface area (Å²) in [4.78, 5) is 18.3. The molecule has 156 valence electrons. The molecule has 0 saturated heterocycles. The number of hydrogen-bond acceptors (Lipinski definition) is 4. The van der Waals surface area contributed by atoms with E-state index in [0.717, 1.165) is 11.1 Å². The van der Waals surface area contributed by atoms with Crippen molar-refractivity contribution in [3.05, 3.63) is 59.7 Å². The number of hydrogen-bond donors (Lipinski definition) is 2. The first-order valence-electron chi connectivity index (χ1n) is 9.50. The van der Waals surface area contributed by atoms with Gasteiger partial charge in [0.1, 0.15) is 0 Å². The van der Waals surface area contributed by atoms with Crippen LogP contribution in [0.4, 0.5) is 0 Å². The van der Waals surface area contributed by atoms with Crippen LogP contribution < -0.4 is 20.1 Å². The number of nitrogens with one attached hydrogen (secondary N) is 2. The van der Waals surface area contributed by atoms with Crippen LogP contribution in [0.1, 0.15) is 17.5 Å². The van der Waals surface area contributed by atoms with Crippen LogP contribution in [-0.4, -0.2) is 51.6 Å². The van der Waals surface area contributed by atoms with E-state index < -0.39 is 0 Å². The molecule has 0 bridgehead atoms. The molecule has 2 rings (SSSR count). The quantitative estimate of drug-likeness (QED) is 0.501. The fraction of sp³-hybridized carbons (Fsp3) is 0.364. The summed E-state index contributed by atoms with van der Waals surface area (Å²) in [5.41, 5.74) is 2.15. The summed E-state index contributed by atoms with van der Waals surface area (Å²) in [6, 6.07) is 15.7. The molecule has 0 aliphatic heterocycles. The molecule has 0 unspecified atom stereocenters. The third kappa shape index (κ3) is 7.03. The van der Waals surface area contributed by atoms with Crippen molar-refractivity contribution in [2.75, 3.05) is 34.9 Å². The number of amides is 1. The molecule has 7 heteroatoms. The molecule has 0 aromatic heterocycles. The number of benzene rings is 2. The standard InChI is InChI=1S/C22H30N4O3/c1-23-22(25-15-18-10-11-19(28-3)20(14-18)29-4)24-13-12-21(27)26(2)16-17-8-6-5-7-9-17/h5-11,14H,12-13,15-16H2,1-4H3,(H2,23,24,25). The Morgan fingerprint density at radius 1 is 1.00 bits per heavy atom. The lowest BCUT2D eigenvalue weighted by atomic mass is 10.2. The molecule has 2 aromatic rings. The van der Waals surface area contributed by atoms with Gasteiger partial charge in [-0.1, -0.05) is 36.4 Å². The fourth-order valence-electron chi connectivity index (χ4n) is 2.82. The third-order valence-electron chi connectivity index (χ3n) is 4.45. The Bertz CT molecular complexity index is 809. The summed E-state index contributed by atoms with van der Waals surface area (Å²) >= 11 is 0. The van der Waals surface area contributed by atoms with Gasteiger partial charge in [-0.15, -0.1) is 0 Å². The van der Waals surface area contributed by atoms with Crippen molar-refractivity contribution in [3.8, 4) is 11.5 Å². The molecule has 1 amide bonds. The van der Waals surface area contributed by atoms with Crippen molar-refractivity contribution in [2.24, 2.45) is 4.99 Å². The first kappa shape index (κ1) is 22.1. The van der Waals surface area contributed by atoms with Crippen molar-refractivity contribution in [1.82, 2.24) is 15.5 Å². The molecule has 7 nitrogen and oxygen atoms in total. The van der Waals surface area contributed by atoms with E-state index in [9.17, 15) is 4.79 Å². The molecule has 2 aromatic carbocycles. The van der Waals surface area contributed by atoms with E-state index >= 15 is 0 Å². The summed E-state index contributed by atoms with van der Waals surface area (Å²) in [6.07, 6.45) is 0.389. The second kappa shape index (κ2) is 11.6. The molecular formula is C22H30N4O3. The van der Waals surface area contributed by atoms with Crippen LogP contribution in [0.5, 0.6) is 11.5 Å². The molecule has 0 heterocycles. The van der Waals surface area contributed by atoms with Crippen LogP contribution >= 0.6 is 0 Å². The Morgan fingerprint density at radius 3 is 2.38 bits per heavy atom. The molecule has 29 heavy (non-hydrogen) atoms. The molecule has 0 saturated carbocycles. The van der Waals surface area contributed by atoms with Crippen molar-refractivity contribution >= 4 is 11.9 Å². The van der Waals surface area contributed by atoms with E-state index in [1.54, 1.807) is 26.2 Å². The maximum absolute atomic E-state index is 12.3. The highest BCUT2D eigenvalue weighted by Crippen LogP contribution is 2.27. The molecular weight excluding hydrogens is 368 g/mol. The van der Waals surface area contributed by atoms with E-state index in [1.807, 2.05) is 55.6 Å². The van der Waals surface area contributed by atoms with Gasteiger partial charge >= 0.3 is 0 Å². The van der Waals surface area contributed by atoms with E-state index in [4.69, 9.17) is 9.47 Å². The normalized spacial score (nSPS) is 11.0. The van der Waals surface area contributed by atoms with Gasteiger partial charge in [0.05, 0.1) is 14.2 Å². The Balaban J connectivity index is 1.76. The first-order valence-corrected chi connectivity index (χ1v) is 9.50. The van der Waals surface area contributed by atoms with E-state index in [2.05, 4.69) is 15.6 Å². The largest absolute Gasteiger partial charge is 0.493 e. The van der Waals surface area contributed by atoms with Gasteiger partial charge < -0.3 is 25.0 Å². The number of carbonyl (C=O) groups is 1. The molecule has 0 aliphatic rings. The van der Waals surface area contributed by atoms with Gasteiger partial charge in [-0.05, 0) is 23.3 Å². The van der Waals surface area contributed by atoms with Crippen molar-refractivity contribution in [2.45, 2.75) is 19.5 Å². The maximum Gasteiger partial charge on any atom is 0.224 e. The monoisotopic (exact) mass is 398 g/mol. The van der Waals surface area contributed by atoms with Crippen LogP contribution in [0.2, 0.25) is 0 Å². The SMILES string of the molecule is CN=C(NCCC(=O)N(C)Cc1ccccc1)NCc1ccc(OC)c(OC)c1. The summed E-state index contributed by atoms with van der Waals surface area (Å²) in [5.74, 6) is 2.09. The second-order valence-corrected chi connectivity index (χ2v) is 6.53. The van der Waals surface area contributed by atoms with Crippen molar-refractivity contribution in [3.63, 3.8) is 0 Å². The highest BCUT2D eigenvalue weighted by molar-refractivity contribution is 5.81. The average molecular weight is 399 g/mol. The molecule has 0 fully saturated rings. The molecule has 0 atom stereocenters. The molecule has 0 aliphatic carbocycles. The summed E-state index contributed by atoms with van der Waals surface area (Å²) in [6.45, 7) is 1.68. The van der Waals surface area contributed by atoms with Gasteiger partial charge in [-0.25, -0.2) is 0 Å². The van der Waals surface area contributed by atoms with Crippen molar-refractivity contribution in [1.29, 1.82) is 0 Å². The van der Waals surface area contributed by atoms with Gasteiger partial charge in [0.25, 0.3) is 0 Å². The number of nitrogens with zero attached hydrogens (tertiary/aromatic N) is 2. The third-order valence-corrected chi connectivity index (χ3v) is 4.45. The number of rotatable bonds is 9. The lowest BCUT2D eigenvalue weighted by molar-refractivity contribution is -0.130. The Kier molecular flexibility index (Phi) is 8.82. The van der Waals surface area contributed by atoms with E-state index in [0.29, 0.717) is 43.5 Å². The topological polar surface area (TPSA) is 75.2 Å². The van der Waals surface area contributed by atoms with Gasteiger partial charge in [-0.3, -0.25) is 9.79 Å². The Morgan fingerprint density at radius 2 is 1.72 bits per heavy atom. The minimum absolute atomic E-state index is 0.0803. The highest BCUT2D eigenvalue weighted by Gasteiger charge is 2.10. The number of aliphatic imine (C=N–C) groups is 1. The van der Waals surface area contributed by atoms with E-state index in [-0.39, 0.29) is 5.91 Å². The maximum atomic E-state index is 12.3. The molecule has 0 radical (unpaired) electrons. The Hall–Kier alpha value is -3.22. The minimum atomic E-state index is 0.0803. The van der Waals surface area contributed by atoms with Crippen molar-refractivity contribution < 1.29 is 14.3 Å². The molecule has 2 N–H and O–H groups in total. The molecule has 0 spiro atoms. The number of ether oxygens (including phenoxy) is 2.